The third kappa shape index (κ3) is 3.12. The van der Waals surface area contributed by atoms with Gasteiger partial charge in [0.1, 0.15) is 0 Å². The molecule has 1 aromatic carbocycles. The molecule has 0 amide bonds. The van der Waals surface area contributed by atoms with Crippen molar-refractivity contribution >= 4 is 0 Å². The van der Waals surface area contributed by atoms with E-state index in [-0.39, 0.29) is 38.5 Å². The van der Waals surface area contributed by atoms with Gasteiger partial charge in [0.25, 0.3) is 0 Å². The Morgan fingerprint density at radius 2 is 2.08 bits per heavy atom. The monoisotopic (exact) mass is 241 g/mol. The van der Waals surface area contributed by atoms with E-state index in [1.807, 2.05) is 26.0 Å². The summed E-state index contributed by atoms with van der Waals surface area (Å²) in [5.74, 6) is 0.768. The Hall–Kier alpha value is -0.0761. The maximum absolute atomic E-state index is 9.24. The van der Waals surface area contributed by atoms with Crippen molar-refractivity contribution in [3.05, 3.63) is 23.8 Å². The SMILES string of the molecule is CCOc1cc(C)ccc1O.[Y]. The second kappa shape index (κ2) is 5.55. The fourth-order valence-corrected chi connectivity index (χ4v) is 0.892. The van der Waals surface area contributed by atoms with Gasteiger partial charge in [-0.2, -0.15) is 0 Å². The topological polar surface area (TPSA) is 29.5 Å². The minimum absolute atomic E-state index is 0. The van der Waals surface area contributed by atoms with Crippen molar-refractivity contribution in [3.63, 3.8) is 0 Å². The Morgan fingerprint density at radius 3 is 2.67 bits per heavy atom. The Morgan fingerprint density at radius 1 is 1.42 bits per heavy atom. The second-order valence-electron chi connectivity index (χ2n) is 2.40. The van der Waals surface area contributed by atoms with E-state index in [0.29, 0.717) is 12.4 Å². The van der Waals surface area contributed by atoms with Crippen LogP contribution in [0.3, 0.4) is 0 Å². The number of phenols is 1. The molecule has 0 aliphatic rings. The maximum Gasteiger partial charge on any atom is 0.161 e. The molecule has 12 heavy (non-hydrogen) atoms. The molecule has 1 N–H and O–H groups in total. The van der Waals surface area contributed by atoms with Crippen molar-refractivity contribution in [2.45, 2.75) is 13.8 Å². The number of ether oxygens (including phenoxy) is 1. The molecule has 1 aromatic rings. The summed E-state index contributed by atoms with van der Waals surface area (Å²) < 4.78 is 5.17. The summed E-state index contributed by atoms with van der Waals surface area (Å²) in [6, 6.07) is 5.30. The van der Waals surface area contributed by atoms with Gasteiger partial charge in [0.2, 0.25) is 0 Å². The number of phenolic OH excluding ortho intramolecular Hbond substituents is 1. The first-order valence-electron chi connectivity index (χ1n) is 3.66. The van der Waals surface area contributed by atoms with Crippen molar-refractivity contribution in [3.8, 4) is 11.5 Å². The normalized spacial score (nSPS) is 8.83. The standard InChI is InChI=1S/C9H12O2.Y/c1-3-11-9-6-7(2)4-5-8(9)10;/h4-6,10H,3H2,1-2H3;. The molecule has 0 saturated carbocycles. The van der Waals surface area contributed by atoms with Crippen LogP contribution in [0.4, 0.5) is 0 Å². The van der Waals surface area contributed by atoms with Gasteiger partial charge in [-0.1, -0.05) is 6.07 Å². The number of hydrogen-bond acceptors (Lipinski definition) is 2. The molecule has 0 aliphatic heterocycles. The van der Waals surface area contributed by atoms with Crippen LogP contribution in [0.5, 0.6) is 11.5 Å². The number of aromatic hydroxyl groups is 1. The summed E-state index contributed by atoms with van der Waals surface area (Å²) in [6.07, 6.45) is 0. The molecule has 0 unspecified atom stereocenters. The van der Waals surface area contributed by atoms with E-state index in [0.717, 1.165) is 5.56 Å². The molecule has 3 heteroatoms. The van der Waals surface area contributed by atoms with Crippen molar-refractivity contribution in [1.29, 1.82) is 0 Å². The molecule has 0 saturated heterocycles. The second-order valence-corrected chi connectivity index (χ2v) is 2.40. The van der Waals surface area contributed by atoms with Crippen LogP contribution >= 0.6 is 0 Å². The number of benzene rings is 1. The Kier molecular flexibility index (Phi) is 5.51. The minimum Gasteiger partial charge on any atom is -0.504 e. The molecular formula is C9H12O2Y. The predicted octanol–water partition coefficient (Wildman–Crippen LogP) is 2.10. The zero-order chi connectivity index (χ0) is 8.27. The summed E-state index contributed by atoms with van der Waals surface area (Å²) in [5.41, 5.74) is 1.09. The first-order valence-corrected chi connectivity index (χ1v) is 3.66. The van der Waals surface area contributed by atoms with Crippen LogP contribution in [0, 0.1) is 6.92 Å². The molecule has 0 aromatic heterocycles. The largest absolute Gasteiger partial charge is 0.504 e. The molecule has 1 rings (SSSR count). The van der Waals surface area contributed by atoms with Crippen molar-refractivity contribution in [2.24, 2.45) is 0 Å². The molecule has 0 atom stereocenters. The van der Waals surface area contributed by atoms with Crippen LogP contribution in [0.2, 0.25) is 0 Å². The zero-order valence-electron chi connectivity index (χ0n) is 7.37. The van der Waals surface area contributed by atoms with Gasteiger partial charge in [0.05, 0.1) is 6.61 Å². The van der Waals surface area contributed by atoms with Gasteiger partial charge in [-0.25, -0.2) is 0 Å². The molecule has 0 fully saturated rings. The maximum atomic E-state index is 9.24. The molecule has 0 spiro atoms. The van der Waals surface area contributed by atoms with Crippen LogP contribution in [0.1, 0.15) is 12.5 Å². The minimum atomic E-state index is 0. The first-order chi connectivity index (χ1) is 5.24. The van der Waals surface area contributed by atoms with Crippen LogP contribution in [-0.4, -0.2) is 11.7 Å². The van der Waals surface area contributed by atoms with Gasteiger partial charge in [-0.15, -0.1) is 0 Å². The van der Waals surface area contributed by atoms with E-state index in [9.17, 15) is 5.11 Å². The van der Waals surface area contributed by atoms with Crippen molar-refractivity contribution in [2.75, 3.05) is 6.61 Å². The quantitative estimate of drug-likeness (QED) is 0.859. The summed E-state index contributed by atoms with van der Waals surface area (Å²) in [7, 11) is 0. The molecule has 63 valence electrons. The molecule has 0 heterocycles. The predicted molar refractivity (Wildman–Crippen MR) is 44.0 cm³/mol. The smallest absolute Gasteiger partial charge is 0.161 e. The van der Waals surface area contributed by atoms with Crippen LogP contribution in [0.15, 0.2) is 18.2 Å². The third-order valence-electron chi connectivity index (χ3n) is 1.42. The average Bonchev–Trinajstić information content (AvgIpc) is 1.98. The Labute approximate surface area is 97.8 Å². The van der Waals surface area contributed by atoms with Crippen molar-refractivity contribution < 1.29 is 42.6 Å². The number of aryl methyl sites for hydroxylation is 1. The average molecular weight is 241 g/mol. The number of rotatable bonds is 2. The van der Waals surface area contributed by atoms with E-state index in [4.69, 9.17) is 4.74 Å². The zero-order valence-corrected chi connectivity index (χ0v) is 10.2. The molecule has 0 aliphatic carbocycles. The van der Waals surface area contributed by atoms with Gasteiger partial charge >= 0.3 is 0 Å². The van der Waals surface area contributed by atoms with Gasteiger partial charge in [-0.3, -0.25) is 0 Å². The van der Waals surface area contributed by atoms with Gasteiger partial charge in [0.15, 0.2) is 11.5 Å². The fraction of sp³-hybridized carbons (Fsp3) is 0.333. The summed E-state index contributed by atoms with van der Waals surface area (Å²) >= 11 is 0. The van der Waals surface area contributed by atoms with Crippen LogP contribution in [0.25, 0.3) is 0 Å². The summed E-state index contributed by atoms with van der Waals surface area (Å²) in [5, 5.41) is 9.24. The van der Waals surface area contributed by atoms with Crippen molar-refractivity contribution in [1.82, 2.24) is 0 Å². The molecule has 1 radical (unpaired) electrons. The van der Waals surface area contributed by atoms with E-state index < -0.39 is 0 Å². The van der Waals surface area contributed by atoms with Gasteiger partial charge in [-0.05, 0) is 31.5 Å². The molecular weight excluding hydrogens is 229 g/mol. The van der Waals surface area contributed by atoms with E-state index >= 15 is 0 Å². The van der Waals surface area contributed by atoms with E-state index in [1.165, 1.54) is 0 Å². The fourth-order valence-electron chi connectivity index (χ4n) is 0.892. The van der Waals surface area contributed by atoms with E-state index in [2.05, 4.69) is 0 Å². The molecule has 0 bridgehead atoms. The Balaban J connectivity index is 0.00000121. The third-order valence-corrected chi connectivity index (χ3v) is 1.42. The van der Waals surface area contributed by atoms with Gasteiger partial charge < -0.3 is 9.84 Å². The van der Waals surface area contributed by atoms with Crippen LogP contribution < -0.4 is 4.74 Å². The number of hydrogen-bond donors (Lipinski definition) is 1. The summed E-state index contributed by atoms with van der Waals surface area (Å²) in [6.45, 7) is 4.43. The molecule has 2 nitrogen and oxygen atoms in total. The van der Waals surface area contributed by atoms with Crippen LogP contribution in [-0.2, 0) is 32.7 Å². The Bertz CT molecular complexity index is 248. The summed E-state index contributed by atoms with van der Waals surface area (Å²) in [4.78, 5) is 0. The van der Waals surface area contributed by atoms with Gasteiger partial charge in [0, 0.05) is 32.7 Å². The van der Waals surface area contributed by atoms with E-state index in [1.54, 1.807) is 6.07 Å². The first kappa shape index (κ1) is 11.9.